The Kier molecular flexibility index (Phi) is 3.94. The molecule has 0 aliphatic rings. The molecule has 7 nitrogen and oxygen atoms in total. The highest BCUT2D eigenvalue weighted by atomic mass is 16.5. The van der Waals surface area contributed by atoms with Gasteiger partial charge in [0.05, 0.1) is 18.5 Å². The van der Waals surface area contributed by atoms with Gasteiger partial charge in [-0.1, -0.05) is 6.92 Å². The third-order valence-corrected chi connectivity index (χ3v) is 2.50. The van der Waals surface area contributed by atoms with E-state index >= 15 is 0 Å². The Hall–Kier alpha value is -1.60. The summed E-state index contributed by atoms with van der Waals surface area (Å²) in [5.74, 6) is 0. The minimum atomic E-state index is 0.238. The molecule has 0 saturated carbocycles. The molecule has 2 aromatic rings. The minimum absolute atomic E-state index is 0.238. The Morgan fingerprint density at radius 3 is 3.12 bits per heavy atom. The van der Waals surface area contributed by atoms with Crippen LogP contribution in [-0.2, 0) is 11.2 Å². The molecule has 1 N–H and O–H groups in total. The topological polar surface area (TPSA) is 77.2 Å². The highest BCUT2D eigenvalue weighted by Gasteiger charge is 2.11. The van der Waals surface area contributed by atoms with E-state index in [-0.39, 0.29) is 6.04 Å². The van der Waals surface area contributed by atoms with E-state index in [0.717, 1.165) is 18.7 Å². The summed E-state index contributed by atoms with van der Waals surface area (Å²) < 4.78 is 6.88. The van der Waals surface area contributed by atoms with E-state index in [9.17, 15) is 0 Å². The van der Waals surface area contributed by atoms with E-state index in [4.69, 9.17) is 4.74 Å². The van der Waals surface area contributed by atoms with Crippen LogP contribution in [0.3, 0.4) is 0 Å². The molecular weight excluding hydrogens is 220 g/mol. The first-order chi connectivity index (χ1) is 8.35. The predicted octanol–water partition coefficient (Wildman–Crippen LogP) is -0.314. The molecule has 0 fully saturated rings. The molecule has 0 aromatic carbocycles. The Balaban J connectivity index is 2.18. The molecule has 1 atom stereocenters. The lowest BCUT2D eigenvalue weighted by molar-refractivity contribution is 0.166. The van der Waals surface area contributed by atoms with E-state index in [1.807, 2.05) is 0 Å². The molecule has 0 bridgehead atoms. The van der Waals surface area contributed by atoms with E-state index in [2.05, 4.69) is 32.7 Å². The van der Waals surface area contributed by atoms with Gasteiger partial charge < -0.3 is 10.1 Å². The van der Waals surface area contributed by atoms with E-state index < -0.39 is 0 Å². The number of likely N-dealkylation sites (N-methyl/N-ethyl adjacent to an activating group) is 1. The van der Waals surface area contributed by atoms with Gasteiger partial charge in [0.1, 0.15) is 0 Å². The number of aromatic nitrogens is 5. The second-order valence-corrected chi connectivity index (χ2v) is 3.76. The van der Waals surface area contributed by atoms with Crippen LogP contribution in [0.25, 0.3) is 5.65 Å². The zero-order chi connectivity index (χ0) is 12.1. The Morgan fingerprint density at radius 2 is 2.35 bits per heavy atom. The van der Waals surface area contributed by atoms with Crippen LogP contribution >= 0.6 is 0 Å². The van der Waals surface area contributed by atoms with Crippen LogP contribution in [0.1, 0.15) is 12.6 Å². The minimum Gasteiger partial charge on any atom is -0.383 e. The van der Waals surface area contributed by atoms with Gasteiger partial charge in [0.25, 0.3) is 0 Å². The Bertz CT molecular complexity index is 465. The van der Waals surface area contributed by atoms with Crippen LogP contribution in [0.2, 0.25) is 0 Å². The molecule has 0 saturated heterocycles. The Labute approximate surface area is 99.2 Å². The summed E-state index contributed by atoms with van der Waals surface area (Å²) in [6, 6.07) is 0.238. The van der Waals surface area contributed by atoms with Crippen LogP contribution < -0.4 is 5.32 Å². The third-order valence-electron chi connectivity index (χ3n) is 2.50. The molecule has 2 heterocycles. The highest BCUT2D eigenvalue weighted by molar-refractivity contribution is 5.32. The maximum atomic E-state index is 5.18. The second kappa shape index (κ2) is 5.65. The number of hydrogen-bond acceptors (Lipinski definition) is 6. The SMILES string of the molecule is CCNC(COC)Cc1cncc2nnnn12. The molecule has 1 unspecified atom stereocenters. The van der Waals surface area contributed by atoms with Crippen molar-refractivity contribution in [3.05, 3.63) is 18.1 Å². The summed E-state index contributed by atoms with van der Waals surface area (Å²) in [6.07, 6.45) is 4.20. The van der Waals surface area contributed by atoms with Crippen molar-refractivity contribution in [1.82, 2.24) is 30.3 Å². The molecule has 0 aliphatic carbocycles. The van der Waals surface area contributed by atoms with Crippen LogP contribution in [0.4, 0.5) is 0 Å². The lowest BCUT2D eigenvalue weighted by atomic mass is 10.1. The Morgan fingerprint density at radius 1 is 1.47 bits per heavy atom. The molecule has 0 spiro atoms. The van der Waals surface area contributed by atoms with Gasteiger partial charge >= 0.3 is 0 Å². The monoisotopic (exact) mass is 236 g/mol. The largest absolute Gasteiger partial charge is 0.383 e. The number of tetrazole rings is 1. The summed E-state index contributed by atoms with van der Waals surface area (Å²) in [4.78, 5) is 4.13. The zero-order valence-electron chi connectivity index (χ0n) is 10.00. The van der Waals surface area contributed by atoms with Gasteiger partial charge in [0, 0.05) is 25.8 Å². The molecule has 17 heavy (non-hydrogen) atoms. The number of methoxy groups -OCH3 is 1. The van der Waals surface area contributed by atoms with E-state index in [1.165, 1.54) is 0 Å². The van der Waals surface area contributed by atoms with E-state index in [0.29, 0.717) is 12.3 Å². The summed E-state index contributed by atoms with van der Waals surface area (Å²) in [5.41, 5.74) is 1.63. The molecule has 92 valence electrons. The van der Waals surface area contributed by atoms with Gasteiger partial charge in [-0.3, -0.25) is 4.98 Å². The van der Waals surface area contributed by atoms with Gasteiger partial charge in [0.2, 0.25) is 0 Å². The van der Waals surface area contributed by atoms with Gasteiger partial charge in [-0.2, -0.15) is 4.52 Å². The number of hydrogen-bond donors (Lipinski definition) is 1. The zero-order valence-corrected chi connectivity index (χ0v) is 10.00. The molecule has 0 radical (unpaired) electrons. The highest BCUT2D eigenvalue weighted by Crippen LogP contribution is 2.04. The second-order valence-electron chi connectivity index (χ2n) is 3.76. The first-order valence-corrected chi connectivity index (χ1v) is 5.58. The first kappa shape index (κ1) is 11.9. The van der Waals surface area contributed by atoms with Crippen molar-refractivity contribution < 1.29 is 4.74 Å². The standard InChI is InChI=1S/C10H16N6O/c1-3-12-8(7-17-2)4-9-5-11-6-10-13-14-15-16(9)10/h5-6,8,12H,3-4,7H2,1-2H3. The van der Waals surface area contributed by atoms with Gasteiger partial charge in [-0.05, 0) is 17.0 Å². The fourth-order valence-electron chi connectivity index (χ4n) is 1.80. The van der Waals surface area contributed by atoms with Crippen molar-refractivity contribution in [2.45, 2.75) is 19.4 Å². The van der Waals surface area contributed by atoms with Crippen molar-refractivity contribution in [3.63, 3.8) is 0 Å². The first-order valence-electron chi connectivity index (χ1n) is 5.58. The molecule has 2 aromatic heterocycles. The van der Waals surface area contributed by atoms with Crippen molar-refractivity contribution in [1.29, 1.82) is 0 Å². The number of nitrogens with one attached hydrogen (secondary N) is 1. The fraction of sp³-hybridized carbons (Fsp3) is 0.600. The molecule has 0 amide bonds. The number of nitrogens with zero attached hydrogens (tertiary/aromatic N) is 5. The number of ether oxygens (including phenoxy) is 1. The summed E-state index contributed by atoms with van der Waals surface area (Å²) in [7, 11) is 1.69. The van der Waals surface area contributed by atoms with Crippen LogP contribution in [0, 0.1) is 0 Å². The maximum Gasteiger partial charge on any atom is 0.197 e. The summed E-state index contributed by atoms with van der Waals surface area (Å²) in [6.45, 7) is 3.61. The third kappa shape index (κ3) is 2.75. The smallest absolute Gasteiger partial charge is 0.197 e. The van der Waals surface area contributed by atoms with Crippen molar-refractivity contribution in [2.24, 2.45) is 0 Å². The number of fused-ring (bicyclic) bond motifs is 1. The van der Waals surface area contributed by atoms with Crippen molar-refractivity contribution in [2.75, 3.05) is 20.3 Å². The maximum absolute atomic E-state index is 5.18. The lowest BCUT2D eigenvalue weighted by Crippen LogP contribution is -2.35. The van der Waals surface area contributed by atoms with E-state index in [1.54, 1.807) is 24.0 Å². The molecule has 2 rings (SSSR count). The number of rotatable bonds is 6. The molecule has 7 heteroatoms. The fourth-order valence-corrected chi connectivity index (χ4v) is 1.80. The van der Waals surface area contributed by atoms with Gasteiger partial charge in [-0.25, -0.2) is 0 Å². The van der Waals surface area contributed by atoms with Gasteiger partial charge in [0.15, 0.2) is 5.65 Å². The normalized spacial score (nSPS) is 13.1. The van der Waals surface area contributed by atoms with Crippen LogP contribution in [0.15, 0.2) is 12.4 Å². The van der Waals surface area contributed by atoms with Crippen LogP contribution in [-0.4, -0.2) is 51.3 Å². The predicted molar refractivity (Wildman–Crippen MR) is 61.6 cm³/mol. The summed E-state index contributed by atoms with van der Waals surface area (Å²) >= 11 is 0. The average molecular weight is 236 g/mol. The quantitative estimate of drug-likeness (QED) is 0.741. The van der Waals surface area contributed by atoms with Crippen LogP contribution in [0.5, 0.6) is 0 Å². The lowest BCUT2D eigenvalue weighted by Gasteiger charge is -2.16. The molecular formula is C10H16N6O. The van der Waals surface area contributed by atoms with Crippen molar-refractivity contribution in [3.8, 4) is 0 Å². The summed E-state index contributed by atoms with van der Waals surface area (Å²) in [5, 5.41) is 14.8. The van der Waals surface area contributed by atoms with Crippen molar-refractivity contribution >= 4 is 5.65 Å². The van der Waals surface area contributed by atoms with Gasteiger partial charge in [-0.15, -0.1) is 5.10 Å². The molecule has 0 aliphatic heterocycles. The average Bonchev–Trinajstić information content (AvgIpc) is 2.79.